The second-order valence-electron chi connectivity index (χ2n) is 3.91. The van der Waals surface area contributed by atoms with Crippen molar-refractivity contribution in [3.05, 3.63) is 52.5 Å². The van der Waals surface area contributed by atoms with Gasteiger partial charge in [-0.2, -0.15) is 0 Å². The molecule has 2 aromatic rings. The lowest BCUT2D eigenvalue weighted by atomic mass is 10.2. The Labute approximate surface area is 127 Å². The van der Waals surface area contributed by atoms with E-state index in [1.54, 1.807) is 0 Å². The second kappa shape index (κ2) is 5.78. The molecule has 0 saturated carbocycles. The van der Waals surface area contributed by atoms with Crippen molar-refractivity contribution in [3.8, 4) is 0 Å². The van der Waals surface area contributed by atoms with Crippen LogP contribution in [0.2, 0.25) is 0 Å². The summed E-state index contributed by atoms with van der Waals surface area (Å²) in [6.07, 6.45) is 2.72. The first-order valence-electron chi connectivity index (χ1n) is 5.46. The van der Waals surface area contributed by atoms with Crippen LogP contribution in [0.5, 0.6) is 0 Å². The van der Waals surface area contributed by atoms with Crippen LogP contribution in [-0.2, 0) is 10.0 Å². The normalized spacial score (nSPS) is 11.1. The van der Waals surface area contributed by atoms with Crippen molar-refractivity contribution in [3.63, 3.8) is 0 Å². The smallest absolute Gasteiger partial charge is 0.335 e. The molecule has 110 valence electrons. The highest BCUT2D eigenvalue weighted by Crippen LogP contribution is 2.25. The fraction of sp³-hybridized carbons (Fsp3) is 0. The lowest BCUT2D eigenvalue weighted by molar-refractivity contribution is 0.0696. The summed E-state index contributed by atoms with van der Waals surface area (Å²) >= 11 is 3.10. The van der Waals surface area contributed by atoms with E-state index in [2.05, 4.69) is 25.6 Å². The zero-order chi connectivity index (χ0) is 15.6. The van der Waals surface area contributed by atoms with Gasteiger partial charge in [-0.3, -0.25) is 9.71 Å². The number of aromatic carboxylic acids is 1. The molecular formula is C12H8BrFN2O4S. The summed E-state index contributed by atoms with van der Waals surface area (Å²) in [5.41, 5.74) is -0.171. The minimum absolute atomic E-state index is 0.158. The molecule has 0 fully saturated rings. The Balaban J connectivity index is 2.47. The van der Waals surface area contributed by atoms with E-state index in [0.717, 1.165) is 18.2 Å². The SMILES string of the molecule is O=C(O)c1ccc(F)c(S(=O)(=O)Nc2ccncc2Br)c1. The molecule has 2 N–H and O–H groups in total. The van der Waals surface area contributed by atoms with Crippen LogP contribution in [0.1, 0.15) is 10.4 Å². The number of rotatable bonds is 4. The molecule has 0 radical (unpaired) electrons. The van der Waals surface area contributed by atoms with Crippen molar-refractivity contribution in [1.82, 2.24) is 4.98 Å². The Morgan fingerprint density at radius 2 is 2.05 bits per heavy atom. The average molecular weight is 375 g/mol. The molecule has 21 heavy (non-hydrogen) atoms. The summed E-state index contributed by atoms with van der Waals surface area (Å²) in [7, 11) is -4.27. The van der Waals surface area contributed by atoms with Gasteiger partial charge in [-0.05, 0) is 40.2 Å². The number of carboxylic acid groups (broad SMARTS) is 1. The number of hydrogen-bond acceptors (Lipinski definition) is 4. The van der Waals surface area contributed by atoms with Gasteiger partial charge in [-0.1, -0.05) is 0 Å². The van der Waals surface area contributed by atoms with Crippen molar-refractivity contribution >= 4 is 37.6 Å². The molecule has 0 bridgehead atoms. The summed E-state index contributed by atoms with van der Waals surface area (Å²) in [6.45, 7) is 0. The van der Waals surface area contributed by atoms with Crippen molar-refractivity contribution in [2.75, 3.05) is 4.72 Å². The van der Waals surface area contributed by atoms with Gasteiger partial charge < -0.3 is 5.11 Å². The fourth-order valence-corrected chi connectivity index (χ4v) is 3.17. The molecule has 0 aliphatic rings. The van der Waals surface area contributed by atoms with Gasteiger partial charge in [0, 0.05) is 12.4 Å². The minimum Gasteiger partial charge on any atom is -0.478 e. The third-order valence-electron chi connectivity index (χ3n) is 2.48. The Morgan fingerprint density at radius 1 is 1.33 bits per heavy atom. The topological polar surface area (TPSA) is 96.4 Å². The van der Waals surface area contributed by atoms with Crippen molar-refractivity contribution in [2.45, 2.75) is 4.90 Å². The summed E-state index contributed by atoms with van der Waals surface area (Å²) in [5.74, 6) is -2.39. The number of carboxylic acids is 1. The van der Waals surface area contributed by atoms with Crippen LogP contribution in [0.3, 0.4) is 0 Å². The third kappa shape index (κ3) is 3.37. The van der Waals surface area contributed by atoms with Gasteiger partial charge in [0.25, 0.3) is 10.0 Å². The first-order chi connectivity index (χ1) is 9.81. The van der Waals surface area contributed by atoms with Gasteiger partial charge in [0.05, 0.1) is 15.7 Å². The van der Waals surface area contributed by atoms with Gasteiger partial charge in [0.2, 0.25) is 0 Å². The number of halogens is 2. The third-order valence-corrected chi connectivity index (χ3v) is 4.50. The molecule has 2 rings (SSSR count). The van der Waals surface area contributed by atoms with Gasteiger partial charge >= 0.3 is 5.97 Å². The standard InChI is InChI=1S/C12H8BrFN2O4S/c13-8-6-15-4-3-10(8)16-21(19,20)11-5-7(12(17)18)1-2-9(11)14/h1-6H,(H,15,16)(H,17,18). The lowest BCUT2D eigenvalue weighted by Crippen LogP contribution is -2.16. The number of sulfonamides is 1. The number of anilines is 1. The van der Waals surface area contributed by atoms with Gasteiger partial charge in [-0.15, -0.1) is 0 Å². The Hall–Kier alpha value is -2.00. The predicted molar refractivity (Wildman–Crippen MR) is 76.1 cm³/mol. The molecule has 0 saturated heterocycles. The van der Waals surface area contributed by atoms with Crippen LogP contribution in [0, 0.1) is 5.82 Å². The second-order valence-corrected chi connectivity index (χ2v) is 6.42. The van der Waals surface area contributed by atoms with E-state index in [-0.39, 0.29) is 11.3 Å². The van der Waals surface area contributed by atoms with Crippen LogP contribution in [0.4, 0.5) is 10.1 Å². The maximum atomic E-state index is 13.7. The molecule has 1 aromatic carbocycles. The molecule has 1 aromatic heterocycles. The van der Waals surface area contributed by atoms with Gasteiger partial charge in [0.15, 0.2) is 0 Å². The molecule has 9 heteroatoms. The van der Waals surface area contributed by atoms with E-state index in [1.165, 1.54) is 18.5 Å². The summed E-state index contributed by atoms with van der Waals surface area (Å²) in [6, 6.07) is 3.91. The summed E-state index contributed by atoms with van der Waals surface area (Å²) in [4.78, 5) is 13.9. The number of nitrogens with zero attached hydrogens (tertiary/aromatic N) is 1. The molecule has 0 spiro atoms. The van der Waals surface area contributed by atoms with Crippen molar-refractivity contribution < 1.29 is 22.7 Å². The van der Waals surface area contributed by atoms with Crippen LogP contribution in [0.25, 0.3) is 0 Å². The number of hydrogen-bond donors (Lipinski definition) is 2. The molecule has 0 aliphatic heterocycles. The van der Waals surface area contributed by atoms with Crippen LogP contribution in [0.15, 0.2) is 46.0 Å². The fourth-order valence-electron chi connectivity index (χ4n) is 1.50. The zero-order valence-electron chi connectivity index (χ0n) is 10.2. The predicted octanol–water partition coefficient (Wildman–Crippen LogP) is 2.48. The first kappa shape index (κ1) is 15.4. The van der Waals surface area contributed by atoms with Crippen molar-refractivity contribution in [1.29, 1.82) is 0 Å². The molecule has 0 unspecified atom stereocenters. The number of aromatic nitrogens is 1. The molecule has 0 amide bonds. The molecule has 0 atom stereocenters. The zero-order valence-corrected chi connectivity index (χ0v) is 12.6. The van der Waals surface area contributed by atoms with Crippen molar-refractivity contribution in [2.24, 2.45) is 0 Å². The monoisotopic (exact) mass is 374 g/mol. The van der Waals surface area contributed by atoms with Crippen LogP contribution >= 0.6 is 15.9 Å². The molecule has 0 aliphatic carbocycles. The molecule has 6 nitrogen and oxygen atoms in total. The average Bonchev–Trinajstić information content (AvgIpc) is 2.41. The van der Waals surface area contributed by atoms with E-state index in [4.69, 9.17) is 5.11 Å². The number of pyridine rings is 1. The highest BCUT2D eigenvalue weighted by atomic mass is 79.9. The van der Waals surface area contributed by atoms with Gasteiger partial charge in [0.1, 0.15) is 10.7 Å². The van der Waals surface area contributed by atoms with E-state index in [0.29, 0.717) is 4.47 Å². The number of nitrogens with one attached hydrogen (secondary N) is 1. The Kier molecular flexibility index (Phi) is 4.24. The number of benzene rings is 1. The molecule has 1 heterocycles. The van der Waals surface area contributed by atoms with Crippen LogP contribution < -0.4 is 4.72 Å². The van der Waals surface area contributed by atoms with E-state index >= 15 is 0 Å². The van der Waals surface area contributed by atoms with E-state index in [1.807, 2.05) is 0 Å². The maximum Gasteiger partial charge on any atom is 0.335 e. The Morgan fingerprint density at radius 3 is 2.67 bits per heavy atom. The largest absolute Gasteiger partial charge is 0.478 e. The Bertz CT molecular complexity index is 811. The van der Waals surface area contributed by atoms with E-state index < -0.39 is 26.7 Å². The molecular weight excluding hydrogens is 367 g/mol. The van der Waals surface area contributed by atoms with Gasteiger partial charge in [-0.25, -0.2) is 17.6 Å². The quantitative estimate of drug-likeness (QED) is 0.856. The minimum atomic E-state index is -4.27. The van der Waals surface area contributed by atoms with E-state index in [9.17, 15) is 17.6 Å². The summed E-state index contributed by atoms with van der Waals surface area (Å²) in [5, 5.41) is 8.85. The lowest BCUT2D eigenvalue weighted by Gasteiger charge is -2.10. The first-order valence-corrected chi connectivity index (χ1v) is 7.74. The number of carbonyl (C=O) groups is 1. The summed E-state index contributed by atoms with van der Waals surface area (Å²) < 4.78 is 40.6. The highest BCUT2D eigenvalue weighted by Gasteiger charge is 2.22. The maximum absolute atomic E-state index is 13.7. The van der Waals surface area contributed by atoms with Crippen LogP contribution in [-0.4, -0.2) is 24.5 Å². The highest BCUT2D eigenvalue weighted by molar-refractivity contribution is 9.10.